The number of ether oxygens (including phenoxy) is 1. The summed E-state index contributed by atoms with van der Waals surface area (Å²) in [6.07, 6.45) is 4.69. The van der Waals surface area contributed by atoms with Crippen LogP contribution in [-0.2, 0) is 4.79 Å². The quantitative estimate of drug-likeness (QED) is 0.847. The lowest BCUT2D eigenvalue weighted by Crippen LogP contribution is -2.24. The Morgan fingerprint density at radius 3 is 2.74 bits per heavy atom. The first kappa shape index (κ1) is 13.9. The third-order valence-electron chi connectivity index (χ3n) is 4.07. The molecular formula is C16H22O3. The molecule has 0 radical (unpaired) electrons. The molecule has 1 aromatic carbocycles. The fraction of sp³-hybridized carbons (Fsp3) is 0.562. The van der Waals surface area contributed by atoms with Crippen LogP contribution in [0.5, 0.6) is 5.75 Å². The summed E-state index contributed by atoms with van der Waals surface area (Å²) in [5.41, 5.74) is 1.06. The predicted molar refractivity (Wildman–Crippen MR) is 74.5 cm³/mol. The Morgan fingerprint density at radius 1 is 1.47 bits per heavy atom. The molecule has 3 heteroatoms. The van der Waals surface area contributed by atoms with Gasteiger partial charge in [0.2, 0.25) is 0 Å². The van der Waals surface area contributed by atoms with Gasteiger partial charge in [0, 0.05) is 0 Å². The van der Waals surface area contributed by atoms with Crippen molar-refractivity contribution in [3.05, 3.63) is 29.8 Å². The Bertz CT molecular complexity index is 437. The van der Waals surface area contributed by atoms with Crippen LogP contribution in [0.4, 0.5) is 0 Å². The summed E-state index contributed by atoms with van der Waals surface area (Å²) in [5.74, 6) is -0.193. The Labute approximate surface area is 114 Å². The van der Waals surface area contributed by atoms with Crippen molar-refractivity contribution in [2.45, 2.75) is 51.6 Å². The Balaban J connectivity index is 2.13. The zero-order chi connectivity index (χ0) is 13.8. The van der Waals surface area contributed by atoms with E-state index in [9.17, 15) is 9.90 Å². The van der Waals surface area contributed by atoms with Crippen LogP contribution >= 0.6 is 0 Å². The van der Waals surface area contributed by atoms with Crippen LogP contribution in [0.2, 0.25) is 0 Å². The van der Waals surface area contributed by atoms with Crippen LogP contribution in [0.15, 0.2) is 24.3 Å². The largest absolute Gasteiger partial charge is 0.490 e. The minimum Gasteiger partial charge on any atom is -0.490 e. The van der Waals surface area contributed by atoms with Gasteiger partial charge in [0.1, 0.15) is 5.75 Å². The van der Waals surface area contributed by atoms with Crippen molar-refractivity contribution in [3.63, 3.8) is 0 Å². The first-order valence-corrected chi connectivity index (χ1v) is 7.11. The summed E-state index contributed by atoms with van der Waals surface area (Å²) in [6.45, 7) is 3.81. The second-order valence-corrected chi connectivity index (χ2v) is 5.38. The van der Waals surface area contributed by atoms with Gasteiger partial charge in [0.25, 0.3) is 0 Å². The van der Waals surface area contributed by atoms with Crippen molar-refractivity contribution >= 4 is 5.97 Å². The van der Waals surface area contributed by atoms with Crippen molar-refractivity contribution < 1.29 is 14.6 Å². The number of benzene rings is 1. The predicted octanol–water partition coefficient (Wildman–Crippen LogP) is 3.83. The molecule has 0 heterocycles. The van der Waals surface area contributed by atoms with Gasteiger partial charge < -0.3 is 9.84 Å². The smallest absolute Gasteiger partial charge is 0.306 e. The van der Waals surface area contributed by atoms with E-state index in [1.165, 1.54) is 6.42 Å². The first-order chi connectivity index (χ1) is 9.11. The second-order valence-electron chi connectivity index (χ2n) is 5.38. The van der Waals surface area contributed by atoms with Gasteiger partial charge in [-0.2, -0.15) is 0 Å². The van der Waals surface area contributed by atoms with Crippen LogP contribution in [0.25, 0.3) is 0 Å². The van der Waals surface area contributed by atoms with Gasteiger partial charge in [-0.3, -0.25) is 4.79 Å². The normalized spacial score (nSPS) is 18.4. The standard InChI is InChI=1S/C16H22O3/c1-3-15(11(2)16(17)18)12-6-4-9-14(10-12)19-13-7-5-8-13/h4,6,9-11,13,15H,3,5,7-8H2,1-2H3,(H,17,18)/t11-,15-/m1/s1. The first-order valence-electron chi connectivity index (χ1n) is 7.11. The van der Waals surface area contributed by atoms with Crippen molar-refractivity contribution in [3.8, 4) is 5.75 Å². The maximum absolute atomic E-state index is 11.2. The number of hydrogen-bond donors (Lipinski definition) is 1. The third kappa shape index (κ3) is 3.28. The molecule has 1 saturated carbocycles. The minimum absolute atomic E-state index is 0.0439. The highest BCUT2D eigenvalue weighted by Crippen LogP contribution is 2.32. The summed E-state index contributed by atoms with van der Waals surface area (Å²) in [7, 11) is 0. The van der Waals surface area contributed by atoms with E-state index in [0.29, 0.717) is 6.10 Å². The van der Waals surface area contributed by atoms with Gasteiger partial charge in [0.15, 0.2) is 0 Å². The van der Waals surface area contributed by atoms with E-state index in [2.05, 4.69) is 0 Å². The Kier molecular flexibility index (Phi) is 4.46. The molecule has 0 bridgehead atoms. The molecule has 3 nitrogen and oxygen atoms in total. The van der Waals surface area contributed by atoms with Gasteiger partial charge in [0.05, 0.1) is 12.0 Å². The molecule has 2 rings (SSSR count). The molecule has 1 aliphatic rings. The Morgan fingerprint density at radius 2 is 2.21 bits per heavy atom. The molecule has 0 aliphatic heterocycles. The highest BCUT2D eigenvalue weighted by Gasteiger charge is 2.24. The highest BCUT2D eigenvalue weighted by molar-refractivity contribution is 5.71. The van der Waals surface area contributed by atoms with Gasteiger partial charge in [-0.25, -0.2) is 0 Å². The molecular weight excluding hydrogens is 240 g/mol. The maximum atomic E-state index is 11.2. The molecule has 1 fully saturated rings. The lowest BCUT2D eigenvalue weighted by atomic mass is 9.85. The molecule has 0 spiro atoms. The molecule has 0 saturated heterocycles. The molecule has 0 aromatic heterocycles. The summed E-state index contributed by atoms with van der Waals surface area (Å²) in [6, 6.07) is 7.92. The molecule has 1 aliphatic carbocycles. The number of hydrogen-bond acceptors (Lipinski definition) is 2. The van der Waals surface area contributed by atoms with E-state index < -0.39 is 5.97 Å². The summed E-state index contributed by atoms with van der Waals surface area (Å²) < 4.78 is 5.88. The third-order valence-corrected chi connectivity index (χ3v) is 4.07. The minimum atomic E-state index is -0.739. The fourth-order valence-electron chi connectivity index (χ4n) is 2.55. The number of carboxylic acids is 1. The second kappa shape index (κ2) is 6.09. The molecule has 104 valence electrons. The van der Waals surface area contributed by atoms with Crippen LogP contribution in [0.1, 0.15) is 51.0 Å². The topological polar surface area (TPSA) is 46.5 Å². The highest BCUT2D eigenvalue weighted by atomic mass is 16.5. The van der Waals surface area contributed by atoms with E-state index in [1.54, 1.807) is 6.92 Å². The maximum Gasteiger partial charge on any atom is 0.306 e. The molecule has 19 heavy (non-hydrogen) atoms. The molecule has 1 N–H and O–H groups in total. The number of carboxylic acid groups (broad SMARTS) is 1. The van der Waals surface area contributed by atoms with Crippen LogP contribution in [-0.4, -0.2) is 17.2 Å². The summed E-state index contributed by atoms with van der Waals surface area (Å²) >= 11 is 0. The van der Waals surface area contributed by atoms with Crippen molar-refractivity contribution in [1.29, 1.82) is 0 Å². The SMILES string of the molecule is CC[C@@H](c1cccc(OC2CCC2)c1)[C@@H](C)C(=O)O. The van der Waals surface area contributed by atoms with Crippen molar-refractivity contribution in [1.82, 2.24) is 0 Å². The van der Waals surface area contributed by atoms with Gasteiger partial charge in [-0.05, 0) is 49.3 Å². The number of rotatable bonds is 6. The van der Waals surface area contributed by atoms with Gasteiger partial charge in [-0.1, -0.05) is 26.0 Å². The van der Waals surface area contributed by atoms with Crippen LogP contribution in [0.3, 0.4) is 0 Å². The Hall–Kier alpha value is -1.51. The van der Waals surface area contributed by atoms with Gasteiger partial charge in [-0.15, -0.1) is 0 Å². The molecule has 1 aromatic rings. The lowest BCUT2D eigenvalue weighted by Gasteiger charge is -2.27. The zero-order valence-corrected chi connectivity index (χ0v) is 11.6. The van der Waals surface area contributed by atoms with E-state index in [1.807, 2.05) is 31.2 Å². The monoisotopic (exact) mass is 262 g/mol. The van der Waals surface area contributed by atoms with Gasteiger partial charge >= 0.3 is 5.97 Å². The van der Waals surface area contributed by atoms with Crippen LogP contribution in [0, 0.1) is 5.92 Å². The molecule has 0 unspecified atom stereocenters. The van der Waals surface area contributed by atoms with E-state index >= 15 is 0 Å². The fourth-order valence-corrected chi connectivity index (χ4v) is 2.55. The number of aliphatic carboxylic acids is 1. The van der Waals surface area contributed by atoms with Crippen LogP contribution < -0.4 is 4.74 Å². The van der Waals surface area contributed by atoms with Crippen molar-refractivity contribution in [2.75, 3.05) is 0 Å². The van der Waals surface area contributed by atoms with E-state index in [-0.39, 0.29) is 11.8 Å². The molecule has 2 atom stereocenters. The van der Waals surface area contributed by atoms with E-state index in [0.717, 1.165) is 30.6 Å². The zero-order valence-electron chi connectivity index (χ0n) is 11.6. The summed E-state index contributed by atoms with van der Waals surface area (Å²) in [4.78, 5) is 11.2. The van der Waals surface area contributed by atoms with Crippen molar-refractivity contribution in [2.24, 2.45) is 5.92 Å². The van der Waals surface area contributed by atoms with E-state index in [4.69, 9.17) is 4.74 Å². The summed E-state index contributed by atoms with van der Waals surface area (Å²) in [5, 5.41) is 9.18. The number of carbonyl (C=O) groups is 1. The average Bonchev–Trinajstić information content (AvgIpc) is 2.35. The molecule has 0 amide bonds. The lowest BCUT2D eigenvalue weighted by molar-refractivity contribution is -0.141. The average molecular weight is 262 g/mol.